The molecule has 46 heavy (non-hydrogen) atoms. The van der Waals surface area contributed by atoms with E-state index < -0.39 is 28.1 Å². The van der Waals surface area contributed by atoms with Crippen LogP contribution in [-0.4, -0.2) is 73.5 Å². The van der Waals surface area contributed by atoms with Crippen molar-refractivity contribution >= 4 is 48.5 Å². The van der Waals surface area contributed by atoms with Crippen molar-refractivity contribution in [3.8, 4) is 5.75 Å². The number of nitrogens with one attached hydrogen (secondary N) is 1. The van der Waals surface area contributed by atoms with Crippen molar-refractivity contribution in [2.45, 2.75) is 58.1 Å². The average molecular weight is 667 g/mol. The second-order valence-electron chi connectivity index (χ2n) is 11.9. The summed E-state index contributed by atoms with van der Waals surface area (Å²) in [6.07, 6.45) is -0.952. The Hall–Kier alpha value is -3.84. The molecule has 1 heterocycles. The van der Waals surface area contributed by atoms with Gasteiger partial charge in [0.1, 0.15) is 5.75 Å². The van der Waals surface area contributed by atoms with Gasteiger partial charge in [0.25, 0.3) is 5.91 Å². The van der Waals surface area contributed by atoms with Gasteiger partial charge in [-0.1, -0.05) is 73.7 Å². The zero-order valence-electron chi connectivity index (χ0n) is 27.1. The number of hydrogen-bond acceptors (Lipinski definition) is 8. The van der Waals surface area contributed by atoms with Gasteiger partial charge < -0.3 is 15.2 Å². The van der Waals surface area contributed by atoms with E-state index in [1.807, 2.05) is 76.2 Å². The molecule has 0 spiro atoms. The predicted octanol–water partition coefficient (Wildman–Crippen LogP) is 4.71. The topological polar surface area (TPSA) is 129 Å². The Kier molecular flexibility index (Phi) is 11.5. The highest BCUT2D eigenvalue weighted by Crippen LogP contribution is 2.31. The summed E-state index contributed by atoms with van der Waals surface area (Å²) in [4.78, 5) is 30.9. The Morgan fingerprint density at radius 3 is 2.30 bits per heavy atom. The van der Waals surface area contributed by atoms with Gasteiger partial charge in [-0.25, -0.2) is 13.4 Å². The molecule has 0 unspecified atom stereocenters. The van der Waals surface area contributed by atoms with Gasteiger partial charge in [-0.05, 0) is 61.1 Å². The van der Waals surface area contributed by atoms with E-state index in [0.717, 1.165) is 16.7 Å². The molecule has 246 valence electrons. The number of carbonyl (C=O) groups is 2. The Morgan fingerprint density at radius 2 is 1.67 bits per heavy atom. The molecule has 12 heteroatoms. The van der Waals surface area contributed by atoms with Crippen LogP contribution in [0.15, 0.2) is 71.6 Å². The lowest BCUT2D eigenvalue weighted by atomic mass is 10.0. The number of carbonyl (C=O) groups excluding carboxylic acids is 2. The molecular formula is C34H42N4O6S2. The van der Waals surface area contributed by atoms with E-state index in [-0.39, 0.29) is 42.8 Å². The monoisotopic (exact) mass is 666 g/mol. The summed E-state index contributed by atoms with van der Waals surface area (Å²) in [5.74, 6) is -0.0243. The van der Waals surface area contributed by atoms with Crippen LogP contribution in [0, 0.1) is 19.8 Å². The minimum atomic E-state index is -4.07. The summed E-state index contributed by atoms with van der Waals surface area (Å²) in [7, 11) is -2.45. The highest BCUT2D eigenvalue weighted by Gasteiger charge is 2.32. The third kappa shape index (κ3) is 8.69. The van der Waals surface area contributed by atoms with Gasteiger partial charge in [-0.15, -0.1) is 0 Å². The Labute approximate surface area is 275 Å². The summed E-state index contributed by atoms with van der Waals surface area (Å²) in [5, 5.41) is 14.9. The quantitative estimate of drug-likeness (QED) is 0.200. The van der Waals surface area contributed by atoms with Crippen LogP contribution in [0.2, 0.25) is 0 Å². The van der Waals surface area contributed by atoms with E-state index in [0.29, 0.717) is 21.1 Å². The van der Waals surface area contributed by atoms with E-state index >= 15 is 0 Å². The van der Waals surface area contributed by atoms with Crippen molar-refractivity contribution in [2.24, 2.45) is 5.92 Å². The first-order valence-electron chi connectivity index (χ1n) is 15.1. The Bertz CT molecular complexity index is 1750. The summed E-state index contributed by atoms with van der Waals surface area (Å²) >= 11 is 1.22. The highest BCUT2D eigenvalue weighted by molar-refractivity contribution is 7.89. The van der Waals surface area contributed by atoms with Crippen LogP contribution >= 0.6 is 11.3 Å². The summed E-state index contributed by atoms with van der Waals surface area (Å²) in [6, 6.07) is 19.0. The van der Waals surface area contributed by atoms with Gasteiger partial charge in [-0.3, -0.25) is 14.5 Å². The summed E-state index contributed by atoms with van der Waals surface area (Å²) in [5.41, 5.74) is 3.27. The average Bonchev–Trinajstić information content (AvgIpc) is 3.43. The van der Waals surface area contributed by atoms with E-state index in [2.05, 4.69) is 10.3 Å². The second kappa shape index (κ2) is 15.2. The molecule has 0 bridgehead atoms. The first kappa shape index (κ1) is 35.0. The van der Waals surface area contributed by atoms with Crippen molar-refractivity contribution in [2.75, 3.05) is 31.6 Å². The highest BCUT2D eigenvalue weighted by atomic mass is 32.2. The molecule has 4 rings (SSSR count). The molecule has 0 fully saturated rings. The van der Waals surface area contributed by atoms with Crippen LogP contribution in [0.3, 0.4) is 0 Å². The van der Waals surface area contributed by atoms with Crippen LogP contribution in [0.1, 0.15) is 37.5 Å². The summed E-state index contributed by atoms with van der Waals surface area (Å²) in [6.45, 7) is 8.70. The lowest BCUT2D eigenvalue weighted by molar-refractivity contribution is -0.124. The molecule has 0 radical (unpaired) electrons. The number of fused-ring (bicyclic) bond motifs is 1. The molecule has 0 aliphatic carbocycles. The van der Waals surface area contributed by atoms with Crippen molar-refractivity contribution in [1.82, 2.24) is 14.6 Å². The summed E-state index contributed by atoms with van der Waals surface area (Å²) < 4.78 is 35.8. The maximum atomic E-state index is 14.0. The fraction of sp³-hybridized carbons (Fsp3) is 0.382. The van der Waals surface area contributed by atoms with E-state index in [4.69, 9.17) is 4.74 Å². The standard InChI is InChI=1S/C34H42N4O6S2/c1-22(2)19-38(46(42,43)27-15-16-28-31(18-27)45-34(36-28)37(6)25(5)39)20-30(40)29(17-26-13-8-7-9-14-26)35-32(41)21-44-33-23(3)11-10-12-24(33)4/h7-16,18,22,29-30,40H,17,19-21H2,1-6H3,(H,35,41)/t29-,30+/m0/s1. The molecule has 0 aliphatic rings. The van der Waals surface area contributed by atoms with E-state index in [1.165, 1.54) is 33.5 Å². The first-order valence-corrected chi connectivity index (χ1v) is 17.4. The number of thiazole rings is 1. The number of aryl methyl sites for hydroxylation is 2. The number of para-hydroxylation sites is 1. The van der Waals surface area contributed by atoms with Gasteiger partial charge in [-0.2, -0.15) is 4.31 Å². The van der Waals surface area contributed by atoms with Crippen LogP contribution in [0.5, 0.6) is 5.75 Å². The number of anilines is 1. The number of hydrogen-bond donors (Lipinski definition) is 2. The zero-order chi connectivity index (χ0) is 33.6. The van der Waals surface area contributed by atoms with Crippen LogP contribution < -0.4 is 15.0 Å². The minimum Gasteiger partial charge on any atom is -0.483 e. The number of sulfonamides is 1. The number of nitrogens with zero attached hydrogens (tertiary/aromatic N) is 3. The molecule has 4 aromatic rings. The Morgan fingerprint density at radius 1 is 1.00 bits per heavy atom. The van der Waals surface area contributed by atoms with Gasteiger partial charge in [0.05, 0.1) is 27.3 Å². The van der Waals surface area contributed by atoms with Gasteiger partial charge in [0.15, 0.2) is 11.7 Å². The largest absolute Gasteiger partial charge is 0.483 e. The number of ether oxygens (including phenoxy) is 1. The minimum absolute atomic E-state index is 0.0437. The normalized spacial score (nSPS) is 13.2. The van der Waals surface area contributed by atoms with E-state index in [9.17, 15) is 23.1 Å². The number of aromatic nitrogens is 1. The zero-order valence-corrected chi connectivity index (χ0v) is 28.7. The number of aliphatic hydroxyl groups excluding tert-OH is 1. The van der Waals surface area contributed by atoms with Gasteiger partial charge >= 0.3 is 0 Å². The number of aliphatic hydroxyl groups is 1. The van der Waals surface area contributed by atoms with Crippen molar-refractivity contribution in [1.29, 1.82) is 0 Å². The van der Waals surface area contributed by atoms with E-state index in [1.54, 1.807) is 19.2 Å². The van der Waals surface area contributed by atoms with Crippen LogP contribution in [-0.2, 0) is 26.0 Å². The maximum absolute atomic E-state index is 14.0. The fourth-order valence-corrected chi connectivity index (χ4v) is 7.79. The lowest BCUT2D eigenvalue weighted by Gasteiger charge is -2.30. The van der Waals surface area contributed by atoms with Crippen molar-refractivity contribution in [3.63, 3.8) is 0 Å². The van der Waals surface area contributed by atoms with Crippen LogP contribution in [0.4, 0.5) is 5.13 Å². The van der Waals surface area contributed by atoms with Gasteiger partial charge in [0.2, 0.25) is 15.9 Å². The molecule has 2 N–H and O–H groups in total. The molecular weight excluding hydrogens is 625 g/mol. The predicted molar refractivity (Wildman–Crippen MR) is 182 cm³/mol. The third-order valence-corrected chi connectivity index (χ3v) is 10.5. The van der Waals surface area contributed by atoms with Gasteiger partial charge in [0, 0.05) is 27.1 Å². The lowest BCUT2D eigenvalue weighted by Crippen LogP contribution is -2.52. The Balaban J connectivity index is 1.58. The number of benzene rings is 3. The number of rotatable bonds is 14. The molecule has 10 nitrogen and oxygen atoms in total. The SMILES string of the molecule is CC(=O)N(C)c1nc2ccc(S(=O)(=O)N(CC(C)C)C[C@@H](O)[C@H](Cc3ccccc3)NC(=O)COc3c(C)cccc3C)cc2s1. The van der Waals surface area contributed by atoms with Crippen molar-refractivity contribution in [3.05, 3.63) is 83.4 Å². The van der Waals surface area contributed by atoms with Crippen LogP contribution in [0.25, 0.3) is 10.2 Å². The molecule has 2 amide bonds. The molecule has 0 aliphatic heterocycles. The molecule has 0 saturated heterocycles. The molecule has 1 aromatic heterocycles. The van der Waals surface area contributed by atoms with Crippen molar-refractivity contribution < 1.29 is 27.9 Å². The number of amides is 2. The molecule has 0 saturated carbocycles. The second-order valence-corrected chi connectivity index (χ2v) is 14.8. The smallest absolute Gasteiger partial charge is 0.258 e. The fourth-order valence-electron chi connectivity index (χ4n) is 5.06. The third-order valence-electron chi connectivity index (χ3n) is 7.57. The maximum Gasteiger partial charge on any atom is 0.258 e. The molecule has 2 atom stereocenters. The first-order chi connectivity index (χ1) is 21.8. The molecule has 3 aromatic carbocycles.